The molecule has 2 N–H and O–H groups in total. The van der Waals surface area contributed by atoms with Gasteiger partial charge in [-0.25, -0.2) is 8.42 Å². The Hall–Kier alpha value is -2.06. The summed E-state index contributed by atoms with van der Waals surface area (Å²) >= 11 is 0. The first-order chi connectivity index (χ1) is 9.62. The molecule has 1 aromatic carbocycles. The number of nitrogens with one attached hydrogen (secondary N) is 2. The van der Waals surface area contributed by atoms with Crippen molar-refractivity contribution in [3.05, 3.63) is 36.7 Å². The van der Waals surface area contributed by atoms with Crippen molar-refractivity contribution in [2.24, 2.45) is 0 Å². The second-order valence-electron chi connectivity index (χ2n) is 3.91. The van der Waals surface area contributed by atoms with Gasteiger partial charge in [0.2, 0.25) is 0 Å². The molecule has 0 spiro atoms. The van der Waals surface area contributed by atoms with E-state index in [9.17, 15) is 8.42 Å². The molecule has 1 heterocycles. The largest absolute Gasteiger partial charge is 0.491 e. The summed E-state index contributed by atoms with van der Waals surface area (Å²) in [4.78, 5) is 0.0814. The zero-order valence-electron chi connectivity index (χ0n) is 10.9. The van der Waals surface area contributed by atoms with Crippen molar-refractivity contribution in [3.8, 4) is 5.75 Å². The van der Waals surface area contributed by atoms with Gasteiger partial charge in [-0.3, -0.25) is 9.82 Å². The molecule has 0 amide bonds. The number of aromatic amines is 1. The molecule has 1 aromatic heterocycles. The average molecular weight is 297 g/mol. The van der Waals surface area contributed by atoms with Crippen LogP contribution in [0.3, 0.4) is 0 Å². The maximum Gasteiger partial charge on any atom is 0.265 e. The average Bonchev–Trinajstić information content (AvgIpc) is 2.95. The van der Waals surface area contributed by atoms with Crippen LogP contribution in [0.4, 0.5) is 5.69 Å². The number of anilines is 1. The molecule has 0 aliphatic heterocycles. The van der Waals surface area contributed by atoms with Crippen LogP contribution in [0.1, 0.15) is 0 Å². The molecular formula is C12H15N3O4S. The smallest absolute Gasteiger partial charge is 0.265 e. The zero-order valence-corrected chi connectivity index (χ0v) is 11.7. The third-order valence-corrected chi connectivity index (χ3v) is 3.79. The van der Waals surface area contributed by atoms with Crippen molar-refractivity contribution in [1.82, 2.24) is 10.2 Å². The van der Waals surface area contributed by atoms with Gasteiger partial charge in [0.05, 0.1) is 12.8 Å². The monoisotopic (exact) mass is 297 g/mol. The third kappa shape index (κ3) is 3.72. The quantitative estimate of drug-likeness (QED) is 0.750. The second kappa shape index (κ2) is 6.40. The molecule has 2 aromatic rings. The van der Waals surface area contributed by atoms with Crippen LogP contribution in [0.2, 0.25) is 0 Å². The van der Waals surface area contributed by atoms with Crippen LogP contribution < -0.4 is 9.46 Å². The summed E-state index contributed by atoms with van der Waals surface area (Å²) in [6.45, 7) is 0.936. The topological polar surface area (TPSA) is 93.3 Å². The molecule has 0 radical (unpaired) electrons. The highest BCUT2D eigenvalue weighted by atomic mass is 32.2. The Morgan fingerprint density at radius 3 is 2.60 bits per heavy atom. The summed E-state index contributed by atoms with van der Waals surface area (Å²) in [6, 6.07) is 6.62. The van der Waals surface area contributed by atoms with Crippen molar-refractivity contribution in [2.75, 3.05) is 25.0 Å². The molecule has 0 bridgehead atoms. The third-order valence-electron chi connectivity index (χ3n) is 2.45. The van der Waals surface area contributed by atoms with Crippen LogP contribution >= 0.6 is 0 Å². The van der Waals surface area contributed by atoms with Gasteiger partial charge in [0.15, 0.2) is 0 Å². The summed E-state index contributed by atoms with van der Waals surface area (Å²) in [7, 11) is -2.01. The van der Waals surface area contributed by atoms with Gasteiger partial charge in [-0.05, 0) is 24.3 Å². The first kappa shape index (κ1) is 14.4. The molecule has 0 atom stereocenters. The summed E-state index contributed by atoms with van der Waals surface area (Å²) < 4.78 is 36.6. The van der Waals surface area contributed by atoms with Gasteiger partial charge < -0.3 is 9.47 Å². The van der Waals surface area contributed by atoms with Gasteiger partial charge in [-0.15, -0.1) is 0 Å². The van der Waals surface area contributed by atoms with Crippen molar-refractivity contribution in [3.63, 3.8) is 0 Å². The predicted octanol–water partition coefficient (Wildman–Crippen LogP) is 1.24. The first-order valence-electron chi connectivity index (χ1n) is 5.85. The Kier molecular flexibility index (Phi) is 4.59. The van der Waals surface area contributed by atoms with Gasteiger partial charge in [0.25, 0.3) is 10.0 Å². The molecule has 0 unspecified atom stereocenters. The van der Waals surface area contributed by atoms with Crippen LogP contribution in [0, 0.1) is 0 Å². The number of sulfonamides is 1. The molecule has 0 aliphatic rings. The highest BCUT2D eigenvalue weighted by Crippen LogP contribution is 2.18. The lowest BCUT2D eigenvalue weighted by Gasteiger charge is -2.08. The van der Waals surface area contributed by atoms with Gasteiger partial charge in [-0.1, -0.05) is 0 Å². The number of H-pyrrole nitrogens is 1. The van der Waals surface area contributed by atoms with Crippen LogP contribution in [0.15, 0.2) is 41.6 Å². The van der Waals surface area contributed by atoms with E-state index in [2.05, 4.69) is 14.9 Å². The van der Waals surface area contributed by atoms with Crippen molar-refractivity contribution >= 4 is 15.7 Å². The van der Waals surface area contributed by atoms with E-state index in [1.165, 1.54) is 12.4 Å². The van der Waals surface area contributed by atoms with Crippen LogP contribution in [-0.4, -0.2) is 38.9 Å². The van der Waals surface area contributed by atoms with Gasteiger partial charge >= 0.3 is 0 Å². The Morgan fingerprint density at radius 2 is 2.00 bits per heavy atom. The number of ether oxygens (including phenoxy) is 2. The molecule has 20 heavy (non-hydrogen) atoms. The van der Waals surface area contributed by atoms with Crippen LogP contribution in [0.5, 0.6) is 5.75 Å². The van der Waals surface area contributed by atoms with E-state index in [0.29, 0.717) is 24.7 Å². The number of aromatic nitrogens is 2. The number of hydrogen-bond donors (Lipinski definition) is 2. The van der Waals surface area contributed by atoms with E-state index in [-0.39, 0.29) is 4.90 Å². The van der Waals surface area contributed by atoms with Crippen LogP contribution in [0.25, 0.3) is 0 Å². The van der Waals surface area contributed by atoms with E-state index in [1.807, 2.05) is 0 Å². The molecule has 0 aliphatic carbocycles. The van der Waals surface area contributed by atoms with E-state index in [0.717, 1.165) is 0 Å². The lowest BCUT2D eigenvalue weighted by atomic mass is 10.3. The Balaban J connectivity index is 2.00. The molecule has 108 valence electrons. The first-order valence-corrected chi connectivity index (χ1v) is 7.33. The van der Waals surface area contributed by atoms with E-state index in [1.54, 1.807) is 31.4 Å². The Morgan fingerprint density at radius 1 is 1.25 bits per heavy atom. The van der Waals surface area contributed by atoms with Gasteiger partial charge in [-0.2, -0.15) is 5.10 Å². The lowest BCUT2D eigenvalue weighted by molar-refractivity contribution is 0.146. The molecule has 0 saturated carbocycles. The maximum atomic E-state index is 11.9. The highest BCUT2D eigenvalue weighted by molar-refractivity contribution is 7.92. The summed E-state index contributed by atoms with van der Waals surface area (Å²) in [5.74, 6) is 0.647. The number of methoxy groups -OCH3 is 1. The summed E-state index contributed by atoms with van der Waals surface area (Å²) in [5.41, 5.74) is 0.449. The minimum atomic E-state index is -3.61. The highest BCUT2D eigenvalue weighted by Gasteiger charge is 2.14. The van der Waals surface area contributed by atoms with Crippen molar-refractivity contribution in [1.29, 1.82) is 0 Å². The van der Waals surface area contributed by atoms with Gasteiger partial charge in [0, 0.05) is 19.0 Å². The molecule has 0 saturated heterocycles. The fourth-order valence-corrected chi connectivity index (χ4v) is 2.43. The normalized spacial score (nSPS) is 11.2. The fraction of sp³-hybridized carbons (Fsp3) is 0.250. The van der Waals surface area contributed by atoms with E-state index in [4.69, 9.17) is 9.47 Å². The minimum absolute atomic E-state index is 0.0814. The molecule has 2 rings (SSSR count). The standard InChI is InChI=1S/C12H15N3O4S/c1-18-6-7-19-11-4-2-10(3-5-11)15-20(16,17)12-8-13-14-9-12/h2-5,8-9,15H,6-7H2,1H3,(H,13,14). The number of rotatable bonds is 7. The number of hydrogen-bond acceptors (Lipinski definition) is 5. The van der Waals surface area contributed by atoms with E-state index < -0.39 is 10.0 Å². The van der Waals surface area contributed by atoms with Crippen LogP contribution in [-0.2, 0) is 14.8 Å². The maximum absolute atomic E-state index is 11.9. The summed E-state index contributed by atoms with van der Waals surface area (Å²) in [6.07, 6.45) is 2.55. The molecular weight excluding hydrogens is 282 g/mol. The van der Waals surface area contributed by atoms with E-state index >= 15 is 0 Å². The van der Waals surface area contributed by atoms with Crippen molar-refractivity contribution in [2.45, 2.75) is 4.90 Å². The Labute approximate surface area is 117 Å². The fourth-order valence-electron chi connectivity index (χ4n) is 1.46. The second-order valence-corrected chi connectivity index (χ2v) is 5.59. The zero-order chi connectivity index (χ0) is 14.4. The summed E-state index contributed by atoms with van der Waals surface area (Å²) in [5, 5.41) is 6.07. The lowest BCUT2D eigenvalue weighted by Crippen LogP contribution is -2.12. The predicted molar refractivity (Wildman–Crippen MR) is 73.2 cm³/mol. The van der Waals surface area contributed by atoms with Crippen molar-refractivity contribution < 1.29 is 17.9 Å². The SMILES string of the molecule is COCCOc1ccc(NS(=O)(=O)c2cn[nH]c2)cc1. The molecule has 7 nitrogen and oxygen atoms in total. The number of nitrogens with zero attached hydrogens (tertiary/aromatic N) is 1. The molecule has 0 fully saturated rings. The minimum Gasteiger partial charge on any atom is -0.491 e. The molecule has 8 heteroatoms. The number of benzene rings is 1. The Bertz CT molecular complexity index is 623. The van der Waals surface area contributed by atoms with Gasteiger partial charge in [0.1, 0.15) is 17.3 Å².